The minimum Gasteiger partial charge on any atom is -0.381 e. The van der Waals surface area contributed by atoms with Crippen LogP contribution in [0.5, 0.6) is 0 Å². The van der Waals surface area contributed by atoms with Gasteiger partial charge in [0.2, 0.25) is 5.91 Å². The number of nitrogens with two attached hydrogens (primary N) is 1. The predicted octanol–water partition coefficient (Wildman–Crippen LogP) is -0.495. The standard InChI is InChI=1S/C10H20N2O3/c11-10(13)8-15-6-3-12-7-9-1-4-14-5-2-9/h9,12H,1-8H2,(H2,11,13). The van der Waals surface area contributed by atoms with Gasteiger partial charge in [0.15, 0.2) is 0 Å². The molecule has 88 valence electrons. The van der Waals surface area contributed by atoms with Gasteiger partial charge in [-0.15, -0.1) is 0 Å². The van der Waals surface area contributed by atoms with Gasteiger partial charge in [0.05, 0.1) is 6.61 Å². The molecule has 5 heteroatoms. The number of hydrogen-bond donors (Lipinski definition) is 2. The lowest BCUT2D eigenvalue weighted by Gasteiger charge is -2.22. The third-order valence-electron chi connectivity index (χ3n) is 2.44. The van der Waals surface area contributed by atoms with Crippen molar-refractivity contribution in [3.8, 4) is 0 Å². The monoisotopic (exact) mass is 216 g/mol. The first-order valence-corrected chi connectivity index (χ1v) is 5.43. The third-order valence-corrected chi connectivity index (χ3v) is 2.44. The average molecular weight is 216 g/mol. The molecule has 1 rings (SSSR count). The Labute approximate surface area is 90.3 Å². The smallest absolute Gasteiger partial charge is 0.243 e. The number of hydrogen-bond acceptors (Lipinski definition) is 4. The van der Waals surface area contributed by atoms with E-state index in [9.17, 15) is 4.79 Å². The first-order chi connectivity index (χ1) is 7.29. The van der Waals surface area contributed by atoms with Gasteiger partial charge in [0.1, 0.15) is 6.61 Å². The van der Waals surface area contributed by atoms with Crippen molar-refractivity contribution >= 4 is 5.91 Å². The van der Waals surface area contributed by atoms with E-state index < -0.39 is 5.91 Å². The van der Waals surface area contributed by atoms with E-state index in [0.29, 0.717) is 6.61 Å². The lowest BCUT2D eigenvalue weighted by atomic mass is 10.0. The van der Waals surface area contributed by atoms with Gasteiger partial charge in [0.25, 0.3) is 0 Å². The van der Waals surface area contributed by atoms with Crippen molar-refractivity contribution in [3.63, 3.8) is 0 Å². The molecule has 0 aromatic carbocycles. The van der Waals surface area contributed by atoms with Crippen LogP contribution in [-0.2, 0) is 14.3 Å². The number of carbonyl (C=O) groups excluding carboxylic acids is 1. The van der Waals surface area contributed by atoms with Crippen LogP contribution in [0.2, 0.25) is 0 Å². The van der Waals surface area contributed by atoms with E-state index in [-0.39, 0.29) is 6.61 Å². The van der Waals surface area contributed by atoms with E-state index in [4.69, 9.17) is 15.2 Å². The molecule has 5 nitrogen and oxygen atoms in total. The van der Waals surface area contributed by atoms with Crippen molar-refractivity contribution in [1.29, 1.82) is 0 Å². The molecular formula is C10H20N2O3. The lowest BCUT2D eigenvalue weighted by Crippen LogP contribution is -2.30. The molecule has 0 aromatic rings. The lowest BCUT2D eigenvalue weighted by molar-refractivity contribution is -0.122. The van der Waals surface area contributed by atoms with Gasteiger partial charge in [-0.05, 0) is 25.3 Å². The molecule has 1 aliphatic heterocycles. The topological polar surface area (TPSA) is 73.6 Å². The Morgan fingerprint density at radius 2 is 2.20 bits per heavy atom. The number of rotatable bonds is 7. The molecular weight excluding hydrogens is 196 g/mol. The quantitative estimate of drug-likeness (QED) is 0.563. The summed E-state index contributed by atoms with van der Waals surface area (Å²) < 4.78 is 10.3. The minimum atomic E-state index is -0.417. The molecule has 1 amide bonds. The SMILES string of the molecule is NC(=O)COCCNCC1CCOCC1. The van der Waals surface area contributed by atoms with Crippen LogP contribution in [0.4, 0.5) is 0 Å². The molecule has 3 N–H and O–H groups in total. The molecule has 0 saturated carbocycles. The van der Waals surface area contributed by atoms with Gasteiger partial charge in [-0.25, -0.2) is 0 Å². The van der Waals surface area contributed by atoms with E-state index in [1.165, 1.54) is 0 Å². The Bertz CT molecular complexity index is 182. The normalized spacial score (nSPS) is 17.9. The van der Waals surface area contributed by atoms with Gasteiger partial charge in [-0.2, -0.15) is 0 Å². The summed E-state index contributed by atoms with van der Waals surface area (Å²) in [5, 5.41) is 3.30. The van der Waals surface area contributed by atoms with Gasteiger partial charge < -0.3 is 20.5 Å². The second kappa shape index (κ2) is 7.62. The Morgan fingerprint density at radius 1 is 1.47 bits per heavy atom. The fourth-order valence-electron chi connectivity index (χ4n) is 1.57. The Balaban J connectivity index is 1.85. The third kappa shape index (κ3) is 6.43. The van der Waals surface area contributed by atoms with Crippen LogP contribution in [0.25, 0.3) is 0 Å². The average Bonchev–Trinajstić information content (AvgIpc) is 2.24. The molecule has 15 heavy (non-hydrogen) atoms. The molecule has 0 bridgehead atoms. The first-order valence-electron chi connectivity index (χ1n) is 5.43. The zero-order valence-corrected chi connectivity index (χ0v) is 9.04. The maximum atomic E-state index is 10.3. The summed E-state index contributed by atoms with van der Waals surface area (Å²) >= 11 is 0. The van der Waals surface area contributed by atoms with Gasteiger partial charge in [0, 0.05) is 19.8 Å². The molecule has 1 heterocycles. The highest BCUT2D eigenvalue weighted by molar-refractivity contribution is 5.74. The number of primary amides is 1. The highest BCUT2D eigenvalue weighted by atomic mass is 16.5. The number of nitrogens with one attached hydrogen (secondary N) is 1. The highest BCUT2D eigenvalue weighted by Gasteiger charge is 2.12. The van der Waals surface area contributed by atoms with E-state index in [2.05, 4.69) is 5.32 Å². The number of ether oxygens (including phenoxy) is 2. The molecule has 0 aliphatic carbocycles. The van der Waals surface area contributed by atoms with E-state index in [1.54, 1.807) is 0 Å². The summed E-state index contributed by atoms with van der Waals surface area (Å²) in [6.07, 6.45) is 2.27. The summed E-state index contributed by atoms with van der Waals surface area (Å²) in [5.74, 6) is 0.300. The summed E-state index contributed by atoms with van der Waals surface area (Å²) in [5.41, 5.74) is 4.93. The molecule has 1 aliphatic rings. The van der Waals surface area contributed by atoms with E-state index in [0.717, 1.165) is 45.1 Å². The van der Waals surface area contributed by atoms with E-state index in [1.807, 2.05) is 0 Å². The predicted molar refractivity (Wildman–Crippen MR) is 56.4 cm³/mol. The van der Waals surface area contributed by atoms with Crippen molar-refractivity contribution < 1.29 is 14.3 Å². The van der Waals surface area contributed by atoms with Crippen molar-refractivity contribution in [1.82, 2.24) is 5.32 Å². The molecule has 0 radical (unpaired) electrons. The fraction of sp³-hybridized carbons (Fsp3) is 0.900. The maximum absolute atomic E-state index is 10.3. The minimum absolute atomic E-state index is 0.0128. The highest BCUT2D eigenvalue weighted by Crippen LogP contribution is 2.12. The largest absolute Gasteiger partial charge is 0.381 e. The van der Waals surface area contributed by atoms with Crippen molar-refractivity contribution in [2.45, 2.75) is 12.8 Å². The van der Waals surface area contributed by atoms with Crippen LogP contribution in [-0.4, -0.2) is 45.4 Å². The number of amides is 1. The van der Waals surface area contributed by atoms with Crippen LogP contribution in [0.15, 0.2) is 0 Å². The van der Waals surface area contributed by atoms with Gasteiger partial charge in [-0.1, -0.05) is 0 Å². The van der Waals surface area contributed by atoms with Gasteiger partial charge >= 0.3 is 0 Å². The summed E-state index contributed by atoms with van der Waals surface area (Å²) in [4.78, 5) is 10.3. The zero-order chi connectivity index (χ0) is 10.9. The molecule has 1 fully saturated rings. The van der Waals surface area contributed by atoms with E-state index >= 15 is 0 Å². The fourth-order valence-corrected chi connectivity index (χ4v) is 1.57. The summed E-state index contributed by atoms with van der Waals surface area (Å²) in [7, 11) is 0. The summed E-state index contributed by atoms with van der Waals surface area (Å²) in [6, 6.07) is 0. The maximum Gasteiger partial charge on any atom is 0.243 e. The first kappa shape index (κ1) is 12.4. The summed E-state index contributed by atoms with van der Waals surface area (Å²) in [6.45, 7) is 4.08. The second-order valence-corrected chi connectivity index (χ2v) is 3.78. The molecule has 1 saturated heterocycles. The van der Waals surface area contributed by atoms with Crippen LogP contribution in [0, 0.1) is 5.92 Å². The molecule has 0 spiro atoms. The van der Waals surface area contributed by atoms with Crippen molar-refractivity contribution in [2.75, 3.05) is 39.5 Å². The molecule has 0 aromatic heterocycles. The van der Waals surface area contributed by atoms with Crippen LogP contribution < -0.4 is 11.1 Å². The van der Waals surface area contributed by atoms with Gasteiger partial charge in [-0.3, -0.25) is 4.79 Å². The molecule has 0 unspecified atom stereocenters. The zero-order valence-electron chi connectivity index (χ0n) is 9.04. The second-order valence-electron chi connectivity index (χ2n) is 3.78. The Hall–Kier alpha value is -0.650. The Morgan fingerprint density at radius 3 is 2.87 bits per heavy atom. The van der Waals surface area contributed by atoms with Crippen LogP contribution >= 0.6 is 0 Å². The van der Waals surface area contributed by atoms with Crippen LogP contribution in [0.1, 0.15) is 12.8 Å². The number of carbonyl (C=O) groups is 1. The molecule has 0 atom stereocenters. The van der Waals surface area contributed by atoms with Crippen molar-refractivity contribution in [3.05, 3.63) is 0 Å². The Kier molecular flexibility index (Phi) is 6.31. The van der Waals surface area contributed by atoms with Crippen molar-refractivity contribution in [2.24, 2.45) is 11.7 Å². The van der Waals surface area contributed by atoms with Crippen LogP contribution in [0.3, 0.4) is 0 Å².